The predicted molar refractivity (Wildman–Crippen MR) is 129 cm³/mol. The monoisotopic (exact) mass is 480 g/mol. The standard InChI is InChI=1S/C26H29FN4O4/c1-14-22(25(32)30-17-5-7-18(8-6-17)31-26(33)34)24-23(29-14)19(10-11-28-24)20-12-16(27)4-9-21(20)35-13-15-2-3-15/h4,9-12,15,17-18,29,31H,2-3,5-8,13H2,1H3,(H,30,32)(H,33,34)/t17-,18+. The number of rotatable bonds is 7. The second-order valence-electron chi connectivity index (χ2n) is 9.57. The Balaban J connectivity index is 1.40. The number of aromatic nitrogens is 2. The first-order chi connectivity index (χ1) is 16.9. The van der Waals surface area contributed by atoms with Gasteiger partial charge < -0.3 is 25.5 Å². The number of pyridine rings is 1. The fourth-order valence-electron chi connectivity index (χ4n) is 4.85. The number of nitrogens with one attached hydrogen (secondary N) is 3. The summed E-state index contributed by atoms with van der Waals surface area (Å²) in [7, 11) is 0. The van der Waals surface area contributed by atoms with E-state index in [2.05, 4.69) is 20.6 Å². The molecule has 2 aromatic heterocycles. The van der Waals surface area contributed by atoms with E-state index < -0.39 is 6.09 Å². The number of carboxylic acid groups (broad SMARTS) is 1. The van der Waals surface area contributed by atoms with E-state index >= 15 is 0 Å². The largest absolute Gasteiger partial charge is 0.493 e. The van der Waals surface area contributed by atoms with Crippen molar-refractivity contribution in [3.8, 4) is 16.9 Å². The van der Waals surface area contributed by atoms with Crippen molar-refractivity contribution in [3.05, 3.63) is 47.5 Å². The lowest BCUT2D eigenvalue weighted by molar-refractivity contribution is 0.0924. The molecule has 3 aromatic rings. The van der Waals surface area contributed by atoms with Gasteiger partial charge in [0.1, 0.15) is 17.1 Å². The highest BCUT2D eigenvalue weighted by Crippen LogP contribution is 2.38. The Hall–Kier alpha value is -3.62. The average Bonchev–Trinajstić information content (AvgIpc) is 3.58. The van der Waals surface area contributed by atoms with Crippen LogP contribution in [0.1, 0.15) is 54.6 Å². The number of aryl methyl sites for hydroxylation is 1. The quantitative estimate of drug-likeness (QED) is 0.389. The number of hydrogen-bond donors (Lipinski definition) is 4. The van der Waals surface area contributed by atoms with E-state index in [1.54, 1.807) is 18.3 Å². The molecule has 0 atom stereocenters. The normalized spacial score (nSPS) is 19.9. The molecule has 5 rings (SSSR count). The molecule has 2 amide bonds. The van der Waals surface area contributed by atoms with Crippen LogP contribution in [0.25, 0.3) is 22.2 Å². The molecular formula is C26H29FN4O4. The van der Waals surface area contributed by atoms with Crippen LogP contribution in [0.5, 0.6) is 5.75 Å². The molecule has 4 N–H and O–H groups in total. The third-order valence-corrected chi connectivity index (χ3v) is 6.90. The van der Waals surface area contributed by atoms with Crippen molar-refractivity contribution in [3.63, 3.8) is 0 Å². The van der Waals surface area contributed by atoms with Gasteiger partial charge in [-0.1, -0.05) is 0 Å². The van der Waals surface area contributed by atoms with Crippen molar-refractivity contribution in [2.45, 2.75) is 57.5 Å². The van der Waals surface area contributed by atoms with Crippen molar-refractivity contribution in [2.75, 3.05) is 6.61 Å². The van der Waals surface area contributed by atoms with Gasteiger partial charge >= 0.3 is 6.09 Å². The lowest BCUT2D eigenvalue weighted by Gasteiger charge is -2.28. The maximum atomic E-state index is 14.2. The third-order valence-electron chi connectivity index (χ3n) is 6.90. The van der Waals surface area contributed by atoms with Gasteiger partial charge in [-0.15, -0.1) is 0 Å². The number of H-pyrrole nitrogens is 1. The molecule has 0 spiro atoms. The molecule has 0 bridgehead atoms. The van der Waals surface area contributed by atoms with Gasteiger partial charge in [-0.2, -0.15) is 0 Å². The lowest BCUT2D eigenvalue weighted by Crippen LogP contribution is -2.43. The zero-order valence-electron chi connectivity index (χ0n) is 19.6. The van der Waals surface area contributed by atoms with E-state index in [9.17, 15) is 14.0 Å². The number of fused-ring (bicyclic) bond motifs is 1. The van der Waals surface area contributed by atoms with Gasteiger partial charge in [0, 0.05) is 35.1 Å². The van der Waals surface area contributed by atoms with Gasteiger partial charge in [0.25, 0.3) is 5.91 Å². The van der Waals surface area contributed by atoms with E-state index in [0.29, 0.717) is 71.8 Å². The summed E-state index contributed by atoms with van der Waals surface area (Å²) < 4.78 is 20.2. The van der Waals surface area contributed by atoms with Crippen LogP contribution in [-0.2, 0) is 0 Å². The van der Waals surface area contributed by atoms with E-state index in [1.807, 2.05) is 6.92 Å². The molecule has 2 aliphatic carbocycles. The van der Waals surface area contributed by atoms with Gasteiger partial charge in [-0.25, -0.2) is 9.18 Å². The highest BCUT2D eigenvalue weighted by Gasteiger charge is 2.27. The minimum Gasteiger partial charge on any atom is -0.493 e. The van der Waals surface area contributed by atoms with Crippen LogP contribution in [0.2, 0.25) is 0 Å². The Morgan fingerprint density at radius 3 is 2.49 bits per heavy atom. The molecule has 0 radical (unpaired) electrons. The second-order valence-corrected chi connectivity index (χ2v) is 9.57. The minimum absolute atomic E-state index is 0.0347. The summed E-state index contributed by atoms with van der Waals surface area (Å²) in [4.78, 5) is 31.9. The number of carbonyl (C=O) groups is 2. The molecular weight excluding hydrogens is 451 g/mol. The maximum absolute atomic E-state index is 14.2. The van der Waals surface area contributed by atoms with Crippen LogP contribution in [0.15, 0.2) is 30.5 Å². The van der Waals surface area contributed by atoms with Gasteiger partial charge in [0.15, 0.2) is 0 Å². The summed E-state index contributed by atoms with van der Waals surface area (Å²) in [5.74, 6) is 0.578. The lowest BCUT2D eigenvalue weighted by atomic mass is 9.91. The summed E-state index contributed by atoms with van der Waals surface area (Å²) in [6, 6.07) is 6.18. The fraction of sp³-hybridized carbons (Fsp3) is 0.423. The number of amides is 2. The molecule has 35 heavy (non-hydrogen) atoms. The van der Waals surface area contributed by atoms with Crippen LogP contribution in [0, 0.1) is 18.7 Å². The summed E-state index contributed by atoms with van der Waals surface area (Å²) in [6.07, 6.45) is 5.66. The summed E-state index contributed by atoms with van der Waals surface area (Å²) in [6.45, 7) is 2.43. The van der Waals surface area contributed by atoms with Crippen molar-refractivity contribution < 1.29 is 23.8 Å². The number of carbonyl (C=O) groups excluding carboxylic acids is 1. The molecule has 0 unspecified atom stereocenters. The highest BCUT2D eigenvalue weighted by molar-refractivity contribution is 6.09. The van der Waals surface area contributed by atoms with Crippen molar-refractivity contribution >= 4 is 23.0 Å². The van der Waals surface area contributed by atoms with Crippen LogP contribution < -0.4 is 15.4 Å². The van der Waals surface area contributed by atoms with Gasteiger partial charge in [0.2, 0.25) is 0 Å². The Morgan fingerprint density at radius 1 is 1.09 bits per heavy atom. The Morgan fingerprint density at radius 2 is 1.80 bits per heavy atom. The Bertz CT molecular complexity index is 1260. The molecule has 2 fully saturated rings. The fourth-order valence-corrected chi connectivity index (χ4v) is 4.85. The summed E-state index contributed by atoms with van der Waals surface area (Å²) >= 11 is 0. The third kappa shape index (κ3) is 5.08. The van der Waals surface area contributed by atoms with Crippen LogP contribution in [0.4, 0.5) is 9.18 Å². The predicted octanol–water partition coefficient (Wildman–Crippen LogP) is 4.77. The molecule has 2 aliphatic rings. The first-order valence-electron chi connectivity index (χ1n) is 12.1. The molecule has 9 heteroatoms. The van der Waals surface area contributed by atoms with E-state index in [1.165, 1.54) is 12.1 Å². The number of ether oxygens (including phenoxy) is 1. The minimum atomic E-state index is -1.02. The number of halogens is 1. The maximum Gasteiger partial charge on any atom is 0.404 e. The smallest absolute Gasteiger partial charge is 0.404 e. The number of hydrogen-bond acceptors (Lipinski definition) is 4. The van der Waals surface area contributed by atoms with Crippen molar-refractivity contribution in [1.82, 2.24) is 20.6 Å². The van der Waals surface area contributed by atoms with Crippen LogP contribution in [-0.4, -0.2) is 45.8 Å². The molecule has 0 aliphatic heterocycles. The first kappa shape index (κ1) is 23.1. The van der Waals surface area contributed by atoms with Crippen LogP contribution in [0.3, 0.4) is 0 Å². The second kappa shape index (κ2) is 9.56. The van der Waals surface area contributed by atoms with Crippen molar-refractivity contribution in [2.24, 2.45) is 5.92 Å². The first-order valence-corrected chi connectivity index (χ1v) is 12.1. The van der Waals surface area contributed by atoms with E-state index in [4.69, 9.17) is 9.84 Å². The SMILES string of the molecule is Cc1[nH]c2c(-c3cc(F)ccc3OCC3CC3)ccnc2c1C(=O)N[C@H]1CC[C@@H](NC(=O)O)CC1. The number of benzene rings is 1. The van der Waals surface area contributed by atoms with E-state index in [-0.39, 0.29) is 23.8 Å². The van der Waals surface area contributed by atoms with Gasteiger partial charge in [0.05, 0.1) is 17.7 Å². The van der Waals surface area contributed by atoms with Gasteiger partial charge in [-0.05, 0) is 75.6 Å². The van der Waals surface area contributed by atoms with Crippen LogP contribution >= 0.6 is 0 Å². The zero-order valence-corrected chi connectivity index (χ0v) is 19.6. The molecule has 2 heterocycles. The summed E-state index contributed by atoms with van der Waals surface area (Å²) in [5.41, 5.74) is 3.67. The Labute approximate surface area is 202 Å². The molecule has 184 valence electrons. The molecule has 8 nitrogen and oxygen atoms in total. The number of aromatic amines is 1. The summed E-state index contributed by atoms with van der Waals surface area (Å²) in [5, 5.41) is 14.5. The molecule has 2 saturated carbocycles. The Kier molecular flexibility index (Phi) is 6.32. The molecule has 0 saturated heterocycles. The topological polar surface area (TPSA) is 116 Å². The molecule has 1 aromatic carbocycles. The highest BCUT2D eigenvalue weighted by atomic mass is 19.1. The number of nitrogens with zero attached hydrogens (tertiary/aromatic N) is 1. The van der Waals surface area contributed by atoms with E-state index in [0.717, 1.165) is 18.4 Å². The van der Waals surface area contributed by atoms with Crippen molar-refractivity contribution in [1.29, 1.82) is 0 Å². The average molecular weight is 481 g/mol. The zero-order chi connectivity index (χ0) is 24.5. The van der Waals surface area contributed by atoms with Gasteiger partial charge in [-0.3, -0.25) is 9.78 Å².